The van der Waals surface area contributed by atoms with E-state index in [2.05, 4.69) is 29.8 Å². The highest BCUT2D eigenvalue weighted by Crippen LogP contribution is 2.24. The first-order chi connectivity index (χ1) is 6.60. The second kappa shape index (κ2) is 5.12. The maximum Gasteiger partial charge on any atom is 0.224 e. The van der Waals surface area contributed by atoms with Crippen molar-refractivity contribution in [2.75, 3.05) is 13.2 Å². The zero-order valence-electron chi connectivity index (χ0n) is 8.74. The van der Waals surface area contributed by atoms with Gasteiger partial charge in [0.15, 0.2) is 0 Å². The Morgan fingerprint density at radius 2 is 2.36 bits per heavy atom. The predicted octanol–water partition coefficient (Wildman–Crippen LogP) is 1.39. The summed E-state index contributed by atoms with van der Waals surface area (Å²) in [6, 6.07) is -0.00458. The van der Waals surface area contributed by atoms with E-state index in [4.69, 9.17) is 0 Å². The average molecular weight is 264 g/mol. The zero-order chi connectivity index (χ0) is 10.7. The number of hydrogen-bond acceptors (Lipinski definition) is 2. The Labute approximate surface area is 93.6 Å². The number of carbonyl (C=O) groups excluding carboxylic acids is 1. The molecule has 1 rings (SSSR count). The molecule has 1 amide bonds. The number of hydrogen-bond donors (Lipinski definition) is 1. The molecule has 82 valence electrons. The van der Waals surface area contributed by atoms with Gasteiger partial charge in [0.05, 0.1) is 12.6 Å². The minimum absolute atomic E-state index is 0.00458. The summed E-state index contributed by atoms with van der Waals surface area (Å²) >= 11 is 3.44. The number of alkyl halides is 1. The Bertz CT molecular complexity index is 210. The van der Waals surface area contributed by atoms with Crippen LogP contribution in [0, 0.1) is 5.92 Å². The smallest absolute Gasteiger partial charge is 0.224 e. The lowest BCUT2D eigenvalue weighted by Crippen LogP contribution is -2.43. The van der Waals surface area contributed by atoms with Crippen LogP contribution in [0.3, 0.4) is 0 Å². The van der Waals surface area contributed by atoms with Gasteiger partial charge in [-0.1, -0.05) is 36.2 Å². The van der Waals surface area contributed by atoms with Crippen LogP contribution in [0.1, 0.15) is 26.7 Å². The highest BCUT2D eigenvalue weighted by Gasteiger charge is 2.34. The van der Waals surface area contributed by atoms with Gasteiger partial charge in [-0.05, 0) is 5.92 Å². The molecule has 3 atom stereocenters. The first-order valence-electron chi connectivity index (χ1n) is 5.14. The Morgan fingerprint density at radius 3 is 2.71 bits per heavy atom. The number of carbonyl (C=O) groups is 1. The van der Waals surface area contributed by atoms with E-state index in [9.17, 15) is 9.90 Å². The van der Waals surface area contributed by atoms with Crippen LogP contribution < -0.4 is 0 Å². The minimum atomic E-state index is -0.00458. The summed E-state index contributed by atoms with van der Waals surface area (Å²) in [6.07, 6.45) is 1.55. The molecule has 0 spiro atoms. The molecule has 1 unspecified atom stereocenters. The molecule has 1 aliphatic heterocycles. The van der Waals surface area contributed by atoms with Gasteiger partial charge in [0.2, 0.25) is 5.91 Å². The van der Waals surface area contributed by atoms with E-state index in [-0.39, 0.29) is 23.4 Å². The molecule has 0 aliphatic carbocycles. The van der Waals surface area contributed by atoms with Gasteiger partial charge in [0.25, 0.3) is 0 Å². The van der Waals surface area contributed by atoms with E-state index in [1.165, 1.54) is 0 Å². The van der Waals surface area contributed by atoms with Crippen LogP contribution in [0.15, 0.2) is 0 Å². The second-order valence-corrected chi connectivity index (χ2v) is 5.28. The third kappa shape index (κ3) is 2.48. The number of halogens is 1. The molecule has 1 aliphatic rings. The molecule has 0 aromatic heterocycles. The molecule has 1 saturated heterocycles. The van der Waals surface area contributed by atoms with Crippen LogP contribution in [0.5, 0.6) is 0 Å². The Balaban J connectivity index is 2.65. The molecule has 1 N–H and O–H groups in total. The van der Waals surface area contributed by atoms with Gasteiger partial charge >= 0.3 is 0 Å². The van der Waals surface area contributed by atoms with Gasteiger partial charge < -0.3 is 10.0 Å². The Morgan fingerprint density at radius 1 is 1.71 bits per heavy atom. The predicted molar refractivity (Wildman–Crippen MR) is 59.4 cm³/mol. The number of amides is 1. The van der Waals surface area contributed by atoms with Crippen molar-refractivity contribution in [1.82, 2.24) is 4.90 Å². The topological polar surface area (TPSA) is 40.5 Å². The molecule has 0 aromatic carbocycles. The molecular weight excluding hydrogens is 246 g/mol. The number of rotatable bonds is 4. The fourth-order valence-corrected chi connectivity index (χ4v) is 2.45. The zero-order valence-corrected chi connectivity index (χ0v) is 10.3. The van der Waals surface area contributed by atoms with Gasteiger partial charge in [-0.2, -0.15) is 0 Å². The average Bonchev–Trinajstić information content (AvgIpc) is 2.47. The summed E-state index contributed by atoms with van der Waals surface area (Å²) in [5, 5.41) is 9.28. The highest BCUT2D eigenvalue weighted by molar-refractivity contribution is 9.09. The van der Waals surface area contributed by atoms with Crippen molar-refractivity contribution in [1.29, 1.82) is 0 Å². The van der Waals surface area contributed by atoms with E-state index < -0.39 is 0 Å². The molecule has 1 fully saturated rings. The summed E-state index contributed by atoms with van der Waals surface area (Å²) in [6.45, 7) is 4.96. The van der Waals surface area contributed by atoms with Crippen molar-refractivity contribution in [3.63, 3.8) is 0 Å². The Hall–Kier alpha value is -0.0900. The van der Waals surface area contributed by atoms with Gasteiger partial charge in [-0.3, -0.25) is 4.79 Å². The molecule has 0 saturated carbocycles. The van der Waals surface area contributed by atoms with Crippen molar-refractivity contribution < 1.29 is 9.90 Å². The van der Waals surface area contributed by atoms with Crippen molar-refractivity contribution >= 4 is 21.8 Å². The van der Waals surface area contributed by atoms with Gasteiger partial charge in [-0.25, -0.2) is 0 Å². The quantitative estimate of drug-likeness (QED) is 0.779. The molecule has 14 heavy (non-hydrogen) atoms. The van der Waals surface area contributed by atoms with Gasteiger partial charge in [0, 0.05) is 17.8 Å². The van der Waals surface area contributed by atoms with Gasteiger partial charge in [-0.15, -0.1) is 0 Å². The third-order valence-electron chi connectivity index (χ3n) is 3.00. The minimum Gasteiger partial charge on any atom is -0.394 e. The first-order valence-corrected chi connectivity index (χ1v) is 6.06. The van der Waals surface area contributed by atoms with Crippen molar-refractivity contribution in [2.45, 2.75) is 37.6 Å². The van der Waals surface area contributed by atoms with Crippen molar-refractivity contribution in [2.24, 2.45) is 5.92 Å². The fourth-order valence-electron chi connectivity index (χ4n) is 1.86. The van der Waals surface area contributed by atoms with E-state index in [0.717, 1.165) is 13.0 Å². The monoisotopic (exact) mass is 263 g/mol. The van der Waals surface area contributed by atoms with E-state index in [1.807, 2.05) is 4.90 Å². The van der Waals surface area contributed by atoms with Crippen LogP contribution in [0.2, 0.25) is 0 Å². The summed E-state index contributed by atoms with van der Waals surface area (Å²) in [4.78, 5) is 13.7. The lowest BCUT2D eigenvalue weighted by Gasteiger charge is -2.30. The lowest BCUT2D eigenvalue weighted by molar-refractivity contribution is -0.131. The lowest BCUT2D eigenvalue weighted by atomic mass is 9.99. The van der Waals surface area contributed by atoms with E-state index in [1.54, 1.807) is 0 Å². The standard InChI is InChI=1S/C10H18BrNO2/c1-3-7(2)9(6-13)12-5-8(11)4-10(12)14/h7-9,13H,3-6H2,1-2H3/t7-,8?,9+/m0/s1. The Kier molecular flexibility index (Phi) is 4.38. The van der Waals surface area contributed by atoms with Crippen LogP contribution in [-0.2, 0) is 4.79 Å². The second-order valence-electron chi connectivity index (χ2n) is 3.98. The van der Waals surface area contributed by atoms with Crippen LogP contribution in [0.25, 0.3) is 0 Å². The molecule has 1 heterocycles. The molecular formula is C10H18BrNO2. The molecule has 0 radical (unpaired) electrons. The summed E-state index contributed by atoms with van der Waals surface area (Å²) in [7, 11) is 0. The number of likely N-dealkylation sites (tertiary alicyclic amines) is 1. The highest BCUT2D eigenvalue weighted by atomic mass is 79.9. The molecule has 0 aromatic rings. The third-order valence-corrected chi connectivity index (χ3v) is 3.61. The van der Waals surface area contributed by atoms with Crippen LogP contribution >= 0.6 is 15.9 Å². The maximum atomic E-state index is 11.6. The van der Waals surface area contributed by atoms with E-state index >= 15 is 0 Å². The number of aliphatic hydroxyl groups is 1. The van der Waals surface area contributed by atoms with Crippen molar-refractivity contribution in [3.05, 3.63) is 0 Å². The van der Waals surface area contributed by atoms with Crippen LogP contribution in [0.4, 0.5) is 0 Å². The SMILES string of the molecule is CC[C@H](C)[C@@H](CO)N1CC(Br)CC1=O. The maximum absolute atomic E-state index is 11.6. The first kappa shape index (κ1) is 12.0. The fraction of sp³-hybridized carbons (Fsp3) is 0.900. The van der Waals surface area contributed by atoms with Crippen molar-refractivity contribution in [3.8, 4) is 0 Å². The number of aliphatic hydroxyl groups excluding tert-OH is 1. The molecule has 4 heteroatoms. The summed E-state index contributed by atoms with van der Waals surface area (Å²) in [5.74, 6) is 0.521. The normalized spacial score (nSPS) is 26.7. The van der Waals surface area contributed by atoms with Gasteiger partial charge in [0.1, 0.15) is 0 Å². The van der Waals surface area contributed by atoms with E-state index in [0.29, 0.717) is 12.3 Å². The molecule has 0 bridgehead atoms. The van der Waals surface area contributed by atoms with Crippen LogP contribution in [-0.4, -0.2) is 39.9 Å². The summed E-state index contributed by atoms with van der Waals surface area (Å²) < 4.78 is 0. The molecule has 3 nitrogen and oxygen atoms in total. The number of nitrogens with zero attached hydrogens (tertiary/aromatic N) is 1. The summed E-state index contributed by atoms with van der Waals surface area (Å²) in [5.41, 5.74) is 0. The largest absolute Gasteiger partial charge is 0.394 e.